The minimum atomic E-state index is 0.835. The Morgan fingerprint density at radius 3 is 2.62 bits per heavy atom. The van der Waals surface area contributed by atoms with Gasteiger partial charge in [-0.05, 0) is 19.4 Å². The summed E-state index contributed by atoms with van der Waals surface area (Å²) >= 11 is 1.61. The van der Waals surface area contributed by atoms with Gasteiger partial charge in [0.2, 0.25) is 5.13 Å². The normalized spacial score (nSPS) is 10.9. The van der Waals surface area contributed by atoms with Crippen molar-refractivity contribution in [3.8, 4) is 0 Å². The van der Waals surface area contributed by atoms with Crippen LogP contribution in [0.1, 0.15) is 16.1 Å². The Kier molecular flexibility index (Phi) is 3.31. The molecule has 0 aliphatic heterocycles. The van der Waals surface area contributed by atoms with Crippen molar-refractivity contribution in [2.24, 2.45) is 5.10 Å². The largest absolute Gasteiger partial charge is 0.253 e. The third-order valence-electron chi connectivity index (χ3n) is 2.20. The average molecular weight is 231 g/mol. The molecule has 0 fully saturated rings. The van der Waals surface area contributed by atoms with Gasteiger partial charge in [-0.3, -0.25) is 5.43 Å². The van der Waals surface area contributed by atoms with Crippen molar-refractivity contribution in [3.05, 3.63) is 46.5 Å². The van der Waals surface area contributed by atoms with E-state index in [1.165, 1.54) is 4.88 Å². The van der Waals surface area contributed by atoms with Gasteiger partial charge < -0.3 is 0 Å². The van der Waals surface area contributed by atoms with Gasteiger partial charge >= 0.3 is 0 Å². The summed E-state index contributed by atoms with van der Waals surface area (Å²) < 4.78 is 0. The molecule has 2 rings (SSSR count). The van der Waals surface area contributed by atoms with Crippen molar-refractivity contribution >= 4 is 22.7 Å². The molecule has 0 amide bonds. The predicted molar refractivity (Wildman–Crippen MR) is 69.2 cm³/mol. The molecule has 0 aliphatic carbocycles. The third-order valence-corrected chi connectivity index (χ3v) is 3.18. The highest BCUT2D eigenvalue weighted by Crippen LogP contribution is 2.20. The summed E-state index contributed by atoms with van der Waals surface area (Å²) in [4.78, 5) is 5.55. The third kappa shape index (κ3) is 2.67. The first-order chi connectivity index (χ1) is 7.75. The first-order valence-corrected chi connectivity index (χ1v) is 5.85. The first-order valence-electron chi connectivity index (χ1n) is 5.04. The fourth-order valence-electron chi connectivity index (χ4n) is 1.22. The molecule has 0 saturated carbocycles. The molecule has 0 unspecified atom stereocenters. The van der Waals surface area contributed by atoms with Crippen molar-refractivity contribution in [3.63, 3.8) is 0 Å². The SMILES string of the molecule is Cc1nc(N/N=C\c2ccccc2)sc1C. The van der Waals surface area contributed by atoms with Gasteiger partial charge in [0.15, 0.2) is 0 Å². The molecule has 0 aliphatic rings. The lowest BCUT2D eigenvalue weighted by atomic mass is 10.2. The molecule has 4 heteroatoms. The summed E-state index contributed by atoms with van der Waals surface area (Å²) in [6, 6.07) is 9.96. The number of aromatic nitrogens is 1. The Bertz CT molecular complexity index is 469. The second kappa shape index (κ2) is 4.90. The quantitative estimate of drug-likeness (QED) is 0.650. The van der Waals surface area contributed by atoms with E-state index >= 15 is 0 Å². The van der Waals surface area contributed by atoms with E-state index in [0.29, 0.717) is 0 Å². The number of aryl methyl sites for hydroxylation is 2. The summed E-state index contributed by atoms with van der Waals surface area (Å²) in [6.45, 7) is 4.05. The Morgan fingerprint density at radius 1 is 1.25 bits per heavy atom. The van der Waals surface area contributed by atoms with Crippen LogP contribution in [0.2, 0.25) is 0 Å². The predicted octanol–water partition coefficient (Wildman–Crippen LogP) is 3.21. The molecule has 1 aromatic heterocycles. The zero-order valence-electron chi connectivity index (χ0n) is 9.27. The number of thiazole rings is 1. The minimum Gasteiger partial charge on any atom is -0.253 e. The van der Waals surface area contributed by atoms with Gasteiger partial charge in [-0.2, -0.15) is 5.10 Å². The van der Waals surface area contributed by atoms with Crippen LogP contribution in [0.4, 0.5) is 5.13 Å². The second-order valence-electron chi connectivity index (χ2n) is 3.44. The lowest BCUT2D eigenvalue weighted by Crippen LogP contribution is -1.89. The number of benzene rings is 1. The molecule has 2 aromatic rings. The molecule has 1 N–H and O–H groups in total. The van der Waals surface area contributed by atoms with Crippen molar-refractivity contribution in [2.75, 3.05) is 5.43 Å². The maximum absolute atomic E-state index is 4.34. The summed E-state index contributed by atoms with van der Waals surface area (Å²) in [5, 5.41) is 4.97. The van der Waals surface area contributed by atoms with Crippen LogP contribution in [-0.4, -0.2) is 11.2 Å². The van der Waals surface area contributed by atoms with Gasteiger partial charge in [0.05, 0.1) is 11.9 Å². The molecule has 3 nitrogen and oxygen atoms in total. The summed E-state index contributed by atoms with van der Waals surface area (Å²) in [5.74, 6) is 0. The zero-order valence-corrected chi connectivity index (χ0v) is 10.1. The van der Waals surface area contributed by atoms with Crippen molar-refractivity contribution < 1.29 is 0 Å². The van der Waals surface area contributed by atoms with Crippen LogP contribution in [-0.2, 0) is 0 Å². The minimum absolute atomic E-state index is 0.835. The first kappa shape index (κ1) is 10.8. The topological polar surface area (TPSA) is 37.3 Å². The van der Waals surface area contributed by atoms with Gasteiger partial charge in [-0.25, -0.2) is 4.98 Å². The fourth-order valence-corrected chi connectivity index (χ4v) is 1.99. The van der Waals surface area contributed by atoms with Gasteiger partial charge in [0.25, 0.3) is 0 Å². The Morgan fingerprint density at radius 2 is 2.00 bits per heavy atom. The number of hydrazone groups is 1. The standard InChI is InChI=1S/C12H13N3S/c1-9-10(2)16-12(14-9)15-13-8-11-6-4-3-5-7-11/h3-8H,1-2H3,(H,14,15)/b13-8-. The molecular formula is C12H13N3S. The molecule has 1 aromatic carbocycles. The summed E-state index contributed by atoms with van der Waals surface area (Å²) in [6.07, 6.45) is 1.78. The average Bonchev–Trinajstić information content (AvgIpc) is 2.60. The zero-order chi connectivity index (χ0) is 11.4. The lowest BCUT2D eigenvalue weighted by Gasteiger charge is -1.93. The van der Waals surface area contributed by atoms with E-state index in [2.05, 4.69) is 22.4 Å². The second-order valence-corrected chi connectivity index (χ2v) is 4.64. The van der Waals surface area contributed by atoms with Crippen molar-refractivity contribution in [1.29, 1.82) is 0 Å². The molecule has 1 heterocycles. The maximum atomic E-state index is 4.34. The number of hydrogen-bond acceptors (Lipinski definition) is 4. The molecule has 0 atom stereocenters. The summed E-state index contributed by atoms with van der Waals surface area (Å²) in [5.41, 5.74) is 5.06. The van der Waals surface area contributed by atoms with E-state index in [1.807, 2.05) is 37.3 Å². The number of anilines is 1. The maximum Gasteiger partial charge on any atom is 0.203 e. The van der Waals surface area contributed by atoms with E-state index in [9.17, 15) is 0 Å². The van der Waals surface area contributed by atoms with Gasteiger partial charge in [0.1, 0.15) is 0 Å². The highest BCUT2D eigenvalue weighted by Gasteiger charge is 2.00. The molecular weight excluding hydrogens is 218 g/mol. The molecule has 0 bridgehead atoms. The Labute approximate surface area is 98.9 Å². The van der Waals surface area contributed by atoms with E-state index in [0.717, 1.165) is 16.4 Å². The van der Waals surface area contributed by atoms with Crippen LogP contribution in [0.5, 0.6) is 0 Å². The van der Waals surface area contributed by atoms with Gasteiger partial charge in [-0.1, -0.05) is 30.3 Å². The monoisotopic (exact) mass is 231 g/mol. The number of rotatable bonds is 3. The molecule has 0 spiro atoms. The van der Waals surface area contributed by atoms with E-state index in [1.54, 1.807) is 17.6 Å². The fraction of sp³-hybridized carbons (Fsp3) is 0.167. The van der Waals surface area contributed by atoms with Crippen LogP contribution in [0, 0.1) is 13.8 Å². The van der Waals surface area contributed by atoms with E-state index < -0.39 is 0 Å². The molecule has 0 saturated heterocycles. The van der Waals surface area contributed by atoms with Crippen molar-refractivity contribution in [1.82, 2.24) is 4.98 Å². The highest BCUT2D eigenvalue weighted by atomic mass is 32.1. The molecule has 16 heavy (non-hydrogen) atoms. The van der Waals surface area contributed by atoms with Crippen LogP contribution in [0.15, 0.2) is 35.4 Å². The number of hydrogen-bond donors (Lipinski definition) is 1. The smallest absolute Gasteiger partial charge is 0.203 e. The Hall–Kier alpha value is -1.68. The number of nitrogens with zero attached hydrogens (tertiary/aromatic N) is 2. The van der Waals surface area contributed by atoms with Crippen LogP contribution >= 0.6 is 11.3 Å². The van der Waals surface area contributed by atoms with E-state index in [-0.39, 0.29) is 0 Å². The summed E-state index contributed by atoms with van der Waals surface area (Å²) in [7, 11) is 0. The Balaban J connectivity index is 2.00. The van der Waals surface area contributed by atoms with Crippen LogP contribution < -0.4 is 5.43 Å². The van der Waals surface area contributed by atoms with Crippen LogP contribution in [0.3, 0.4) is 0 Å². The van der Waals surface area contributed by atoms with Gasteiger partial charge in [-0.15, -0.1) is 11.3 Å². The molecule has 82 valence electrons. The van der Waals surface area contributed by atoms with Crippen molar-refractivity contribution in [2.45, 2.75) is 13.8 Å². The van der Waals surface area contributed by atoms with Gasteiger partial charge in [0, 0.05) is 4.88 Å². The lowest BCUT2D eigenvalue weighted by molar-refractivity contribution is 1.20. The highest BCUT2D eigenvalue weighted by molar-refractivity contribution is 7.15. The molecule has 0 radical (unpaired) electrons. The van der Waals surface area contributed by atoms with E-state index in [4.69, 9.17) is 0 Å². The number of nitrogens with one attached hydrogen (secondary N) is 1. The van der Waals surface area contributed by atoms with Crippen LogP contribution in [0.25, 0.3) is 0 Å².